The standard InChI is InChI=1S/C19H21N3O4/c1-21(11-13-5-7-14(25-3)10-17(13)26-4)18(23)12-6-8-16-15(9-12)20-19(24)22(16)2/h5-10H,11H2,1-4H3,(H,20,24). The number of aromatic nitrogens is 2. The van der Waals surface area contributed by atoms with Crippen LogP contribution in [0.25, 0.3) is 11.0 Å². The number of aryl methyl sites for hydroxylation is 1. The van der Waals surface area contributed by atoms with Gasteiger partial charge >= 0.3 is 5.69 Å². The number of hydrogen-bond acceptors (Lipinski definition) is 4. The Bertz CT molecular complexity index is 1020. The van der Waals surface area contributed by atoms with Crippen molar-refractivity contribution in [2.24, 2.45) is 7.05 Å². The molecule has 7 nitrogen and oxygen atoms in total. The molecule has 1 amide bonds. The average molecular weight is 355 g/mol. The van der Waals surface area contributed by atoms with E-state index in [1.54, 1.807) is 57.5 Å². The minimum Gasteiger partial charge on any atom is -0.497 e. The normalized spacial score (nSPS) is 10.8. The Balaban J connectivity index is 1.85. The van der Waals surface area contributed by atoms with E-state index in [9.17, 15) is 9.59 Å². The number of fused-ring (bicyclic) bond motifs is 1. The summed E-state index contributed by atoms with van der Waals surface area (Å²) in [5, 5.41) is 0. The maximum atomic E-state index is 12.8. The van der Waals surface area contributed by atoms with Crippen LogP contribution in [0.1, 0.15) is 15.9 Å². The van der Waals surface area contributed by atoms with Gasteiger partial charge < -0.3 is 19.4 Å². The first-order valence-electron chi connectivity index (χ1n) is 8.09. The first-order valence-corrected chi connectivity index (χ1v) is 8.09. The van der Waals surface area contributed by atoms with Gasteiger partial charge in [-0.1, -0.05) is 0 Å². The lowest BCUT2D eigenvalue weighted by Crippen LogP contribution is -2.26. The van der Waals surface area contributed by atoms with E-state index >= 15 is 0 Å². The number of aromatic amines is 1. The van der Waals surface area contributed by atoms with E-state index < -0.39 is 0 Å². The maximum absolute atomic E-state index is 12.8. The molecule has 0 bridgehead atoms. The number of imidazole rings is 1. The Morgan fingerprint density at radius 2 is 1.92 bits per heavy atom. The zero-order chi connectivity index (χ0) is 18.8. The fourth-order valence-corrected chi connectivity index (χ4v) is 2.90. The van der Waals surface area contributed by atoms with E-state index in [2.05, 4.69) is 4.98 Å². The molecule has 2 aromatic carbocycles. The third-order valence-corrected chi connectivity index (χ3v) is 4.40. The zero-order valence-electron chi connectivity index (χ0n) is 15.2. The molecule has 26 heavy (non-hydrogen) atoms. The molecule has 1 N–H and O–H groups in total. The fraction of sp³-hybridized carbons (Fsp3) is 0.263. The smallest absolute Gasteiger partial charge is 0.326 e. The molecule has 0 spiro atoms. The van der Waals surface area contributed by atoms with E-state index in [0.717, 1.165) is 11.1 Å². The summed E-state index contributed by atoms with van der Waals surface area (Å²) in [7, 11) is 6.59. The lowest BCUT2D eigenvalue weighted by atomic mass is 10.1. The lowest BCUT2D eigenvalue weighted by molar-refractivity contribution is 0.0784. The number of nitrogens with zero attached hydrogens (tertiary/aromatic N) is 2. The van der Waals surface area contributed by atoms with Crippen LogP contribution in [0.5, 0.6) is 11.5 Å². The molecular formula is C19H21N3O4. The number of rotatable bonds is 5. The molecule has 0 atom stereocenters. The highest BCUT2D eigenvalue weighted by atomic mass is 16.5. The van der Waals surface area contributed by atoms with E-state index in [1.807, 2.05) is 12.1 Å². The molecule has 0 fully saturated rings. The van der Waals surface area contributed by atoms with Gasteiger partial charge in [0.2, 0.25) is 0 Å². The highest BCUT2D eigenvalue weighted by molar-refractivity contribution is 5.97. The zero-order valence-corrected chi connectivity index (χ0v) is 15.2. The Morgan fingerprint density at radius 1 is 1.15 bits per heavy atom. The van der Waals surface area contributed by atoms with Crippen LogP contribution in [0, 0.1) is 0 Å². The number of benzene rings is 2. The van der Waals surface area contributed by atoms with Gasteiger partial charge in [-0.05, 0) is 30.3 Å². The number of carbonyl (C=O) groups is 1. The second-order valence-electron chi connectivity index (χ2n) is 6.06. The second-order valence-corrected chi connectivity index (χ2v) is 6.06. The van der Waals surface area contributed by atoms with Crippen LogP contribution < -0.4 is 15.2 Å². The monoisotopic (exact) mass is 355 g/mol. The van der Waals surface area contributed by atoms with Crippen molar-refractivity contribution in [3.05, 3.63) is 58.0 Å². The SMILES string of the molecule is COc1ccc(CN(C)C(=O)c2ccc3c(c2)[nH]c(=O)n3C)c(OC)c1. The molecule has 0 aliphatic carbocycles. The predicted molar refractivity (Wildman–Crippen MR) is 98.9 cm³/mol. The minimum atomic E-state index is -0.207. The van der Waals surface area contributed by atoms with Crippen molar-refractivity contribution in [3.63, 3.8) is 0 Å². The number of carbonyl (C=O) groups excluding carboxylic acids is 1. The molecule has 1 heterocycles. The van der Waals surface area contributed by atoms with Crippen LogP contribution >= 0.6 is 0 Å². The molecule has 0 saturated heterocycles. The highest BCUT2D eigenvalue weighted by Gasteiger charge is 2.16. The van der Waals surface area contributed by atoms with Crippen LogP contribution in [0.15, 0.2) is 41.2 Å². The van der Waals surface area contributed by atoms with E-state index in [-0.39, 0.29) is 11.6 Å². The topological polar surface area (TPSA) is 76.6 Å². The van der Waals surface area contributed by atoms with Gasteiger partial charge in [-0.3, -0.25) is 9.36 Å². The number of ether oxygens (including phenoxy) is 2. The van der Waals surface area contributed by atoms with Crippen LogP contribution in [0.3, 0.4) is 0 Å². The third kappa shape index (κ3) is 3.15. The van der Waals surface area contributed by atoms with Crippen molar-refractivity contribution in [1.82, 2.24) is 14.5 Å². The molecule has 0 aliphatic rings. The van der Waals surface area contributed by atoms with Crippen molar-refractivity contribution in [3.8, 4) is 11.5 Å². The first-order chi connectivity index (χ1) is 12.4. The summed E-state index contributed by atoms with van der Waals surface area (Å²) >= 11 is 0. The van der Waals surface area contributed by atoms with Crippen molar-refractivity contribution in [1.29, 1.82) is 0 Å². The number of amides is 1. The second kappa shape index (κ2) is 6.95. The van der Waals surface area contributed by atoms with Crippen LogP contribution in [-0.4, -0.2) is 41.6 Å². The third-order valence-electron chi connectivity index (χ3n) is 4.40. The molecule has 0 aliphatic heterocycles. The first kappa shape index (κ1) is 17.6. The molecule has 0 saturated carbocycles. The van der Waals surface area contributed by atoms with Crippen LogP contribution in [0.4, 0.5) is 0 Å². The van der Waals surface area contributed by atoms with Crippen molar-refractivity contribution < 1.29 is 14.3 Å². The lowest BCUT2D eigenvalue weighted by Gasteiger charge is -2.19. The molecule has 0 unspecified atom stereocenters. The number of H-pyrrole nitrogens is 1. The fourth-order valence-electron chi connectivity index (χ4n) is 2.90. The highest BCUT2D eigenvalue weighted by Crippen LogP contribution is 2.26. The van der Waals surface area contributed by atoms with Gasteiger partial charge in [-0.2, -0.15) is 0 Å². The molecule has 136 valence electrons. The van der Waals surface area contributed by atoms with Gasteiger partial charge in [0.1, 0.15) is 11.5 Å². The Kier molecular flexibility index (Phi) is 4.71. The summed E-state index contributed by atoms with van der Waals surface area (Å²) in [6.45, 7) is 0.384. The summed E-state index contributed by atoms with van der Waals surface area (Å²) in [5.41, 5.74) is 2.57. The van der Waals surface area contributed by atoms with Crippen LogP contribution in [-0.2, 0) is 13.6 Å². The van der Waals surface area contributed by atoms with Gasteiger partial charge in [-0.25, -0.2) is 4.79 Å². The Labute approximate surface area is 150 Å². The van der Waals surface area contributed by atoms with Gasteiger partial charge in [-0.15, -0.1) is 0 Å². The Morgan fingerprint density at radius 3 is 2.62 bits per heavy atom. The molecular weight excluding hydrogens is 334 g/mol. The van der Waals surface area contributed by atoms with Crippen molar-refractivity contribution in [2.45, 2.75) is 6.54 Å². The average Bonchev–Trinajstić information content (AvgIpc) is 2.94. The summed E-state index contributed by atoms with van der Waals surface area (Å²) in [5.74, 6) is 1.21. The van der Waals surface area contributed by atoms with E-state index in [0.29, 0.717) is 29.1 Å². The van der Waals surface area contributed by atoms with E-state index in [1.165, 1.54) is 4.57 Å². The molecule has 0 radical (unpaired) electrons. The molecule has 3 rings (SSSR count). The Hall–Kier alpha value is -3.22. The van der Waals surface area contributed by atoms with Gasteiger partial charge in [0.05, 0.1) is 25.3 Å². The minimum absolute atomic E-state index is 0.144. The number of hydrogen-bond donors (Lipinski definition) is 1. The largest absolute Gasteiger partial charge is 0.497 e. The molecule has 3 aromatic rings. The quantitative estimate of drug-likeness (QED) is 0.761. The van der Waals surface area contributed by atoms with Gasteiger partial charge in [0.15, 0.2) is 0 Å². The summed E-state index contributed by atoms with van der Waals surface area (Å²) in [6.07, 6.45) is 0. The van der Waals surface area contributed by atoms with Crippen LogP contribution in [0.2, 0.25) is 0 Å². The van der Waals surface area contributed by atoms with Crippen molar-refractivity contribution in [2.75, 3.05) is 21.3 Å². The summed E-state index contributed by atoms with van der Waals surface area (Å²) in [4.78, 5) is 28.8. The summed E-state index contributed by atoms with van der Waals surface area (Å²) < 4.78 is 12.1. The van der Waals surface area contributed by atoms with E-state index in [4.69, 9.17) is 9.47 Å². The van der Waals surface area contributed by atoms with Gasteiger partial charge in [0, 0.05) is 37.8 Å². The van der Waals surface area contributed by atoms with Gasteiger partial charge in [0.25, 0.3) is 5.91 Å². The molecule has 1 aromatic heterocycles. The number of methoxy groups -OCH3 is 2. The number of nitrogens with one attached hydrogen (secondary N) is 1. The molecule has 7 heteroatoms. The summed E-state index contributed by atoms with van der Waals surface area (Å²) in [6, 6.07) is 10.7. The predicted octanol–water partition coefficient (Wildman–Crippen LogP) is 2.16. The maximum Gasteiger partial charge on any atom is 0.326 e. The van der Waals surface area contributed by atoms with Crippen molar-refractivity contribution >= 4 is 16.9 Å².